The van der Waals surface area contributed by atoms with Crippen molar-refractivity contribution >= 4 is 11.8 Å². The number of nitrogens with zero attached hydrogens (tertiary/aromatic N) is 1. The van der Waals surface area contributed by atoms with Gasteiger partial charge < -0.3 is 10.4 Å². The fraction of sp³-hybridized carbons (Fsp3) is 0.429. The molecular weight excluding hydrogens is 247 g/mol. The van der Waals surface area contributed by atoms with E-state index in [2.05, 4.69) is 16.4 Å². The molecule has 0 aliphatic heterocycles. The Morgan fingerprint density at radius 1 is 1.47 bits per heavy atom. The number of anilines is 1. The zero-order valence-corrected chi connectivity index (χ0v) is 10.7. The van der Waals surface area contributed by atoms with E-state index in [9.17, 15) is 9.18 Å². The average Bonchev–Trinajstić information content (AvgIpc) is 2.41. The van der Waals surface area contributed by atoms with Crippen molar-refractivity contribution < 1.29 is 14.3 Å². The third-order valence-corrected chi connectivity index (χ3v) is 3.21. The van der Waals surface area contributed by atoms with E-state index in [0.29, 0.717) is 6.54 Å². The smallest absolute Gasteiger partial charge is 0.339 e. The Balaban J connectivity index is 1.95. The summed E-state index contributed by atoms with van der Waals surface area (Å²) < 4.78 is 13.0. The summed E-state index contributed by atoms with van der Waals surface area (Å²) in [6.07, 6.45) is 8.86. The van der Waals surface area contributed by atoms with Crippen LogP contribution in [0.5, 0.6) is 0 Å². The Morgan fingerprint density at radius 3 is 3.00 bits per heavy atom. The van der Waals surface area contributed by atoms with Crippen molar-refractivity contribution in [3.63, 3.8) is 0 Å². The highest BCUT2D eigenvalue weighted by Gasteiger charge is 2.12. The highest BCUT2D eigenvalue weighted by Crippen LogP contribution is 2.20. The molecule has 0 fully saturated rings. The topological polar surface area (TPSA) is 62.2 Å². The lowest BCUT2D eigenvalue weighted by molar-refractivity contribution is 0.0697. The van der Waals surface area contributed by atoms with Crippen LogP contribution in [0.25, 0.3) is 0 Å². The van der Waals surface area contributed by atoms with Gasteiger partial charge in [-0.15, -0.1) is 0 Å². The number of carboxylic acid groups (broad SMARTS) is 1. The summed E-state index contributed by atoms with van der Waals surface area (Å²) in [6, 6.07) is 0.984. The summed E-state index contributed by atoms with van der Waals surface area (Å²) >= 11 is 0. The van der Waals surface area contributed by atoms with Gasteiger partial charge in [-0.25, -0.2) is 14.2 Å². The van der Waals surface area contributed by atoms with Gasteiger partial charge in [-0.3, -0.25) is 0 Å². The monoisotopic (exact) mass is 264 g/mol. The summed E-state index contributed by atoms with van der Waals surface area (Å²) in [4.78, 5) is 14.8. The van der Waals surface area contributed by atoms with Gasteiger partial charge in [0.25, 0.3) is 0 Å². The van der Waals surface area contributed by atoms with Crippen LogP contribution in [0.1, 0.15) is 42.5 Å². The van der Waals surface area contributed by atoms with Crippen molar-refractivity contribution in [2.75, 3.05) is 11.9 Å². The summed E-state index contributed by atoms with van der Waals surface area (Å²) in [6.45, 7) is 0.616. The molecule has 0 saturated heterocycles. The van der Waals surface area contributed by atoms with Gasteiger partial charge in [-0.2, -0.15) is 0 Å². The van der Waals surface area contributed by atoms with Gasteiger partial charge in [-0.05, 0) is 38.2 Å². The molecule has 1 aliphatic rings. The second-order valence-electron chi connectivity index (χ2n) is 4.64. The zero-order chi connectivity index (χ0) is 13.7. The fourth-order valence-corrected chi connectivity index (χ4v) is 2.22. The number of carboxylic acids is 1. The van der Waals surface area contributed by atoms with Gasteiger partial charge in [0, 0.05) is 6.54 Å². The molecule has 1 aliphatic carbocycles. The van der Waals surface area contributed by atoms with E-state index in [4.69, 9.17) is 5.11 Å². The predicted molar refractivity (Wildman–Crippen MR) is 70.8 cm³/mol. The lowest BCUT2D eigenvalue weighted by Crippen LogP contribution is -2.11. The van der Waals surface area contributed by atoms with Crippen molar-refractivity contribution in [3.8, 4) is 0 Å². The van der Waals surface area contributed by atoms with Gasteiger partial charge in [0.15, 0.2) is 0 Å². The van der Waals surface area contributed by atoms with Crippen molar-refractivity contribution in [2.24, 2.45) is 0 Å². The predicted octanol–water partition coefficient (Wildman–Crippen LogP) is 3.22. The average molecular weight is 264 g/mol. The van der Waals surface area contributed by atoms with Crippen LogP contribution in [-0.4, -0.2) is 22.6 Å². The molecule has 19 heavy (non-hydrogen) atoms. The molecule has 2 N–H and O–H groups in total. The molecule has 0 spiro atoms. The molecule has 2 rings (SSSR count). The third-order valence-electron chi connectivity index (χ3n) is 3.21. The van der Waals surface area contributed by atoms with Crippen LogP contribution in [0.3, 0.4) is 0 Å². The Hall–Kier alpha value is -1.91. The SMILES string of the molecule is O=C(O)c1cc(F)cnc1NCCC1=CCCCC1. The van der Waals surface area contributed by atoms with Crippen LogP contribution in [0.4, 0.5) is 10.2 Å². The van der Waals surface area contributed by atoms with E-state index >= 15 is 0 Å². The van der Waals surface area contributed by atoms with Gasteiger partial charge in [-0.1, -0.05) is 11.6 Å². The van der Waals surface area contributed by atoms with E-state index in [-0.39, 0.29) is 11.4 Å². The van der Waals surface area contributed by atoms with Crippen LogP contribution < -0.4 is 5.32 Å². The minimum atomic E-state index is -1.17. The molecule has 1 aromatic heterocycles. The van der Waals surface area contributed by atoms with Crippen LogP contribution >= 0.6 is 0 Å². The van der Waals surface area contributed by atoms with E-state index in [1.807, 2.05) is 0 Å². The number of nitrogens with one attached hydrogen (secondary N) is 1. The quantitative estimate of drug-likeness (QED) is 0.801. The maximum atomic E-state index is 13.0. The molecular formula is C14H17FN2O2. The number of rotatable bonds is 5. The van der Waals surface area contributed by atoms with E-state index in [1.54, 1.807) is 0 Å². The maximum absolute atomic E-state index is 13.0. The highest BCUT2D eigenvalue weighted by molar-refractivity contribution is 5.93. The first-order valence-corrected chi connectivity index (χ1v) is 6.47. The third kappa shape index (κ3) is 3.77. The summed E-state index contributed by atoms with van der Waals surface area (Å²) in [5.41, 5.74) is 1.27. The lowest BCUT2D eigenvalue weighted by atomic mass is 9.97. The number of aromatic nitrogens is 1. The van der Waals surface area contributed by atoms with Crippen LogP contribution in [-0.2, 0) is 0 Å². The molecule has 0 atom stereocenters. The number of hydrogen-bond acceptors (Lipinski definition) is 3. The van der Waals surface area contributed by atoms with Gasteiger partial charge in [0.1, 0.15) is 17.2 Å². The first kappa shape index (κ1) is 13.5. The van der Waals surface area contributed by atoms with Gasteiger partial charge in [0.05, 0.1) is 6.20 Å². The first-order valence-electron chi connectivity index (χ1n) is 6.47. The summed E-state index contributed by atoms with van der Waals surface area (Å²) in [5, 5.41) is 11.9. The summed E-state index contributed by atoms with van der Waals surface area (Å²) in [5.74, 6) is -1.59. The second-order valence-corrected chi connectivity index (χ2v) is 4.64. The number of carbonyl (C=O) groups is 1. The van der Waals surface area contributed by atoms with Crippen molar-refractivity contribution in [1.29, 1.82) is 0 Å². The van der Waals surface area contributed by atoms with Gasteiger partial charge in [0.2, 0.25) is 0 Å². The minimum absolute atomic E-state index is 0.127. The fourth-order valence-electron chi connectivity index (χ4n) is 2.22. The van der Waals surface area contributed by atoms with Crippen LogP contribution in [0, 0.1) is 5.82 Å². The normalized spacial score (nSPS) is 14.9. The molecule has 1 heterocycles. The molecule has 0 aromatic carbocycles. The number of halogens is 1. The number of pyridine rings is 1. The maximum Gasteiger partial charge on any atom is 0.339 e. The minimum Gasteiger partial charge on any atom is -0.478 e. The number of hydrogen-bond donors (Lipinski definition) is 2. The molecule has 0 saturated carbocycles. The Labute approximate surface area is 111 Å². The van der Waals surface area contributed by atoms with Crippen molar-refractivity contribution in [1.82, 2.24) is 4.98 Å². The second kappa shape index (κ2) is 6.31. The van der Waals surface area contributed by atoms with E-state index in [1.165, 1.54) is 18.4 Å². The van der Waals surface area contributed by atoms with Crippen molar-refractivity contribution in [3.05, 3.63) is 35.3 Å². The molecule has 5 heteroatoms. The molecule has 0 bridgehead atoms. The van der Waals surface area contributed by atoms with Crippen LogP contribution in [0.15, 0.2) is 23.9 Å². The first-order chi connectivity index (χ1) is 9.16. The van der Waals surface area contributed by atoms with Crippen molar-refractivity contribution in [2.45, 2.75) is 32.1 Å². The molecule has 0 amide bonds. The van der Waals surface area contributed by atoms with E-state index in [0.717, 1.165) is 31.5 Å². The lowest BCUT2D eigenvalue weighted by Gasteiger charge is -2.13. The molecule has 4 nitrogen and oxygen atoms in total. The molecule has 0 unspecified atom stereocenters. The number of allylic oxidation sites excluding steroid dienone is 1. The largest absolute Gasteiger partial charge is 0.478 e. The van der Waals surface area contributed by atoms with Crippen LogP contribution in [0.2, 0.25) is 0 Å². The molecule has 0 radical (unpaired) electrons. The van der Waals surface area contributed by atoms with E-state index < -0.39 is 11.8 Å². The molecule has 1 aromatic rings. The Bertz CT molecular complexity index is 500. The Kier molecular flexibility index (Phi) is 4.49. The number of aromatic carboxylic acids is 1. The highest BCUT2D eigenvalue weighted by atomic mass is 19.1. The zero-order valence-electron chi connectivity index (χ0n) is 10.7. The molecule has 102 valence electrons. The standard InChI is InChI=1S/C14H17FN2O2/c15-11-8-12(14(18)19)13(17-9-11)16-7-6-10-4-2-1-3-5-10/h4,8-9H,1-3,5-7H2,(H,16,17)(H,18,19). The Morgan fingerprint density at radius 2 is 2.32 bits per heavy atom. The summed E-state index contributed by atoms with van der Waals surface area (Å²) in [7, 11) is 0. The van der Waals surface area contributed by atoms with Gasteiger partial charge >= 0.3 is 5.97 Å².